The van der Waals surface area contributed by atoms with E-state index < -0.39 is 0 Å². The molecule has 0 unspecified atom stereocenters. The quantitative estimate of drug-likeness (QED) is 0.544. The Hall–Kier alpha value is -0.720. The zero-order chi connectivity index (χ0) is 11.9. The van der Waals surface area contributed by atoms with E-state index in [1.165, 1.54) is 82.0 Å². The molecule has 0 atom stereocenters. The van der Waals surface area contributed by atoms with Crippen LogP contribution in [0.4, 0.5) is 0 Å². The second kappa shape index (κ2) is 6.88. The van der Waals surface area contributed by atoms with Gasteiger partial charge in [0.1, 0.15) is 0 Å². The summed E-state index contributed by atoms with van der Waals surface area (Å²) in [6.07, 6.45) is 17.1. The predicted molar refractivity (Wildman–Crippen MR) is 73.7 cm³/mol. The molecule has 2 rings (SSSR count). The van der Waals surface area contributed by atoms with Gasteiger partial charge in [0.25, 0.3) is 0 Å². The molecule has 0 aromatic heterocycles. The van der Waals surface area contributed by atoms with Crippen molar-refractivity contribution >= 4 is 0 Å². The molecule has 0 aromatic rings. The third kappa shape index (κ3) is 3.90. The lowest BCUT2D eigenvalue weighted by Gasteiger charge is -2.11. The Balaban J connectivity index is 1.59. The summed E-state index contributed by atoms with van der Waals surface area (Å²) in [5.74, 6) is 0. The van der Waals surface area contributed by atoms with Crippen LogP contribution in [0.1, 0.15) is 77.6 Å². The Kier molecular flexibility index (Phi) is 5.15. The molecule has 1 heteroatoms. The topological polar surface area (TPSA) is 14.1 Å². The first-order chi connectivity index (χ1) is 8.40. The molecule has 1 aliphatic carbocycles. The van der Waals surface area contributed by atoms with Crippen molar-refractivity contribution in [3.05, 3.63) is 23.0 Å². The van der Waals surface area contributed by atoms with E-state index >= 15 is 0 Å². The highest BCUT2D eigenvalue weighted by Crippen LogP contribution is 2.32. The number of rotatable bonds is 7. The second-order valence-electron chi connectivity index (χ2n) is 5.44. The molecule has 1 aliphatic heterocycles. The summed E-state index contributed by atoms with van der Waals surface area (Å²) in [4.78, 5) is 0. The summed E-state index contributed by atoms with van der Waals surface area (Å²) < 4.78 is 0. The first-order valence-electron chi connectivity index (χ1n) is 7.54. The molecule has 0 aromatic carbocycles. The number of allylic oxidation sites excluding steroid dienone is 4. The number of hydrogen-bond donors (Lipinski definition) is 0. The minimum absolute atomic E-state index is 1.21. The van der Waals surface area contributed by atoms with Gasteiger partial charge in [0.2, 0.25) is 0 Å². The van der Waals surface area contributed by atoms with Crippen molar-refractivity contribution in [2.75, 3.05) is 0 Å². The van der Waals surface area contributed by atoms with Crippen LogP contribution in [-0.2, 0) is 0 Å². The van der Waals surface area contributed by atoms with Crippen LogP contribution in [0.5, 0.6) is 0 Å². The third-order valence-corrected chi connectivity index (χ3v) is 3.89. The summed E-state index contributed by atoms with van der Waals surface area (Å²) in [7, 11) is 0. The molecule has 1 radical (unpaired) electrons. The van der Waals surface area contributed by atoms with Gasteiger partial charge >= 0.3 is 0 Å². The van der Waals surface area contributed by atoms with Gasteiger partial charge in [0, 0.05) is 11.4 Å². The fraction of sp³-hybridized carbons (Fsp3) is 0.750. The first kappa shape index (κ1) is 12.7. The van der Waals surface area contributed by atoms with Crippen molar-refractivity contribution in [1.82, 2.24) is 5.32 Å². The second-order valence-corrected chi connectivity index (χ2v) is 5.44. The summed E-state index contributed by atoms with van der Waals surface area (Å²) >= 11 is 0. The van der Waals surface area contributed by atoms with Gasteiger partial charge in [-0.2, -0.15) is 0 Å². The number of nitrogens with zero attached hydrogens (tertiary/aromatic N) is 1. The molecule has 1 heterocycles. The van der Waals surface area contributed by atoms with Crippen molar-refractivity contribution in [1.29, 1.82) is 0 Å². The van der Waals surface area contributed by atoms with Gasteiger partial charge in [0.15, 0.2) is 0 Å². The van der Waals surface area contributed by atoms with Crippen LogP contribution >= 0.6 is 0 Å². The molecule has 1 nitrogen and oxygen atoms in total. The molecule has 0 N–H and O–H groups in total. The van der Waals surface area contributed by atoms with Gasteiger partial charge in [0.05, 0.1) is 0 Å². The fourth-order valence-corrected chi connectivity index (χ4v) is 2.82. The van der Waals surface area contributed by atoms with Crippen LogP contribution in [0.15, 0.2) is 23.0 Å². The van der Waals surface area contributed by atoms with Crippen molar-refractivity contribution in [3.63, 3.8) is 0 Å². The van der Waals surface area contributed by atoms with E-state index in [-0.39, 0.29) is 0 Å². The van der Waals surface area contributed by atoms with Crippen LogP contribution < -0.4 is 5.32 Å². The standard InChI is InChI=1S/C16H26N/c1-2-3-4-5-6-7-11-15-13-14-10-8-9-12-16(14)17-15/h13H,2-12H2,1H3. The maximum atomic E-state index is 4.78. The minimum Gasteiger partial charge on any atom is -0.258 e. The SMILES string of the molecule is CCCCCCCCC1=CC2=C(CCCC2)[N]1. The zero-order valence-corrected chi connectivity index (χ0v) is 11.3. The predicted octanol–water partition coefficient (Wildman–Crippen LogP) is 5.07. The van der Waals surface area contributed by atoms with Crippen molar-refractivity contribution in [2.45, 2.75) is 77.6 Å². The highest BCUT2D eigenvalue weighted by Gasteiger charge is 2.19. The van der Waals surface area contributed by atoms with E-state index in [0.29, 0.717) is 0 Å². The maximum Gasteiger partial charge on any atom is 0.0439 e. The van der Waals surface area contributed by atoms with Gasteiger partial charge in [-0.1, -0.05) is 39.0 Å². The van der Waals surface area contributed by atoms with Crippen LogP contribution in [0, 0.1) is 0 Å². The van der Waals surface area contributed by atoms with Gasteiger partial charge in [-0.15, -0.1) is 0 Å². The smallest absolute Gasteiger partial charge is 0.0439 e. The number of unbranched alkanes of at least 4 members (excludes halogenated alkanes) is 5. The summed E-state index contributed by atoms with van der Waals surface area (Å²) in [5, 5.41) is 4.78. The van der Waals surface area contributed by atoms with Crippen molar-refractivity contribution < 1.29 is 0 Å². The third-order valence-electron chi connectivity index (χ3n) is 3.89. The summed E-state index contributed by atoms with van der Waals surface area (Å²) in [6, 6.07) is 0. The molecule has 0 amide bonds. The molecule has 0 spiro atoms. The Bertz CT molecular complexity index is 299. The lowest BCUT2D eigenvalue weighted by molar-refractivity contribution is 0.597. The van der Waals surface area contributed by atoms with E-state index in [1.807, 2.05) is 0 Å². The summed E-state index contributed by atoms with van der Waals surface area (Å²) in [5.41, 5.74) is 4.34. The van der Waals surface area contributed by atoms with Crippen LogP contribution in [0.2, 0.25) is 0 Å². The molecule has 0 fully saturated rings. The lowest BCUT2D eigenvalue weighted by Crippen LogP contribution is -2.03. The minimum atomic E-state index is 1.21. The highest BCUT2D eigenvalue weighted by molar-refractivity contribution is 5.37. The first-order valence-corrected chi connectivity index (χ1v) is 7.54. The Labute approximate surface area is 106 Å². The van der Waals surface area contributed by atoms with Crippen LogP contribution in [0.25, 0.3) is 0 Å². The van der Waals surface area contributed by atoms with E-state index in [1.54, 1.807) is 5.57 Å². The van der Waals surface area contributed by atoms with E-state index in [4.69, 9.17) is 5.32 Å². The highest BCUT2D eigenvalue weighted by atomic mass is 14.9. The summed E-state index contributed by atoms with van der Waals surface area (Å²) in [6.45, 7) is 2.28. The number of hydrogen-bond acceptors (Lipinski definition) is 0. The molecule has 95 valence electrons. The lowest BCUT2D eigenvalue weighted by atomic mass is 9.98. The molecular weight excluding hydrogens is 206 g/mol. The maximum absolute atomic E-state index is 4.78. The molecule has 0 saturated carbocycles. The molecule has 0 bridgehead atoms. The largest absolute Gasteiger partial charge is 0.258 e. The Morgan fingerprint density at radius 1 is 1.00 bits per heavy atom. The van der Waals surface area contributed by atoms with Gasteiger partial charge in [-0.05, 0) is 50.2 Å². The zero-order valence-electron chi connectivity index (χ0n) is 11.3. The molecule has 17 heavy (non-hydrogen) atoms. The Morgan fingerprint density at radius 3 is 2.59 bits per heavy atom. The normalized spacial score (nSPS) is 19.0. The van der Waals surface area contributed by atoms with E-state index in [9.17, 15) is 0 Å². The van der Waals surface area contributed by atoms with Gasteiger partial charge < -0.3 is 0 Å². The molecule has 2 aliphatic rings. The molecular formula is C16H26N. The van der Waals surface area contributed by atoms with Crippen LogP contribution in [0.3, 0.4) is 0 Å². The average Bonchev–Trinajstić information content (AvgIpc) is 2.76. The molecule has 0 saturated heterocycles. The van der Waals surface area contributed by atoms with Gasteiger partial charge in [-0.25, -0.2) is 0 Å². The van der Waals surface area contributed by atoms with E-state index in [0.717, 1.165) is 0 Å². The fourth-order valence-electron chi connectivity index (χ4n) is 2.82. The monoisotopic (exact) mass is 232 g/mol. The van der Waals surface area contributed by atoms with Gasteiger partial charge in [-0.3, -0.25) is 5.32 Å². The van der Waals surface area contributed by atoms with Crippen molar-refractivity contribution in [2.24, 2.45) is 0 Å². The Morgan fingerprint density at radius 2 is 1.76 bits per heavy atom. The van der Waals surface area contributed by atoms with Crippen molar-refractivity contribution in [3.8, 4) is 0 Å². The van der Waals surface area contributed by atoms with Crippen LogP contribution in [-0.4, -0.2) is 0 Å². The van der Waals surface area contributed by atoms with E-state index in [2.05, 4.69) is 13.0 Å². The average molecular weight is 232 g/mol.